The Labute approximate surface area is 108 Å². The fourth-order valence-corrected chi connectivity index (χ4v) is 3.61. The average Bonchev–Trinajstić information content (AvgIpc) is 2.36. The first-order valence-corrected chi connectivity index (χ1v) is 7.32. The van der Waals surface area contributed by atoms with E-state index in [1.807, 2.05) is 6.92 Å². The highest BCUT2D eigenvalue weighted by Crippen LogP contribution is 2.42. The molecule has 0 aromatic heterocycles. The standard InChI is InChI=1S/C14H25F2NO/c1-2-17-12(13(15)16)11-6-9-18-14(10-11)7-4-3-5-8-14/h11-13,17H,2-10H2,1H3. The van der Waals surface area contributed by atoms with Crippen LogP contribution >= 0.6 is 0 Å². The van der Waals surface area contributed by atoms with Crippen LogP contribution in [0.5, 0.6) is 0 Å². The fourth-order valence-electron chi connectivity index (χ4n) is 3.61. The van der Waals surface area contributed by atoms with Crippen molar-refractivity contribution in [2.75, 3.05) is 13.2 Å². The molecule has 18 heavy (non-hydrogen) atoms. The highest BCUT2D eigenvalue weighted by Gasteiger charge is 2.42. The Morgan fingerprint density at radius 3 is 2.61 bits per heavy atom. The highest BCUT2D eigenvalue weighted by atomic mass is 19.3. The summed E-state index contributed by atoms with van der Waals surface area (Å²) < 4.78 is 32.2. The Hall–Kier alpha value is -0.220. The molecule has 2 unspecified atom stereocenters. The first kappa shape index (κ1) is 14.2. The smallest absolute Gasteiger partial charge is 0.253 e. The summed E-state index contributed by atoms with van der Waals surface area (Å²) in [4.78, 5) is 0. The van der Waals surface area contributed by atoms with Gasteiger partial charge in [0, 0.05) is 6.61 Å². The van der Waals surface area contributed by atoms with E-state index in [0.717, 1.165) is 25.7 Å². The summed E-state index contributed by atoms with van der Waals surface area (Å²) in [6, 6.07) is -0.655. The van der Waals surface area contributed by atoms with E-state index in [0.29, 0.717) is 13.2 Å². The van der Waals surface area contributed by atoms with Gasteiger partial charge in [0.25, 0.3) is 6.43 Å². The summed E-state index contributed by atoms with van der Waals surface area (Å²) in [5, 5.41) is 2.97. The van der Waals surface area contributed by atoms with Gasteiger partial charge in [0.05, 0.1) is 11.6 Å². The van der Waals surface area contributed by atoms with Crippen molar-refractivity contribution < 1.29 is 13.5 Å². The molecule has 2 nitrogen and oxygen atoms in total. The maximum Gasteiger partial charge on any atom is 0.253 e. The fraction of sp³-hybridized carbons (Fsp3) is 1.00. The summed E-state index contributed by atoms with van der Waals surface area (Å²) in [6.07, 6.45) is 5.08. The predicted octanol–water partition coefficient (Wildman–Crippen LogP) is 3.36. The van der Waals surface area contributed by atoms with E-state index in [-0.39, 0.29) is 11.5 Å². The average molecular weight is 261 g/mol. The van der Waals surface area contributed by atoms with Crippen molar-refractivity contribution in [1.82, 2.24) is 5.32 Å². The van der Waals surface area contributed by atoms with Crippen molar-refractivity contribution in [2.45, 2.75) is 69.9 Å². The van der Waals surface area contributed by atoms with Gasteiger partial charge < -0.3 is 10.1 Å². The minimum atomic E-state index is -2.27. The maximum atomic E-state index is 13.1. The molecule has 2 atom stereocenters. The second-order valence-electron chi connectivity index (χ2n) is 5.76. The van der Waals surface area contributed by atoms with Crippen LogP contribution in [0.1, 0.15) is 51.9 Å². The van der Waals surface area contributed by atoms with Gasteiger partial charge in [-0.1, -0.05) is 26.2 Å². The largest absolute Gasteiger partial charge is 0.375 e. The topological polar surface area (TPSA) is 21.3 Å². The van der Waals surface area contributed by atoms with Crippen LogP contribution in [0.3, 0.4) is 0 Å². The Morgan fingerprint density at radius 1 is 1.28 bits per heavy atom. The van der Waals surface area contributed by atoms with Gasteiger partial charge in [-0.2, -0.15) is 0 Å². The molecule has 2 aliphatic rings. The third-order valence-electron chi connectivity index (χ3n) is 4.52. The lowest BCUT2D eigenvalue weighted by Crippen LogP contribution is -2.50. The van der Waals surface area contributed by atoms with Crippen LogP contribution in [-0.2, 0) is 4.74 Å². The Kier molecular flexibility index (Phi) is 4.96. The van der Waals surface area contributed by atoms with Gasteiger partial charge in [0.2, 0.25) is 0 Å². The quantitative estimate of drug-likeness (QED) is 0.838. The molecule has 0 bridgehead atoms. The zero-order valence-electron chi connectivity index (χ0n) is 11.3. The minimum Gasteiger partial charge on any atom is -0.375 e. The second-order valence-corrected chi connectivity index (χ2v) is 5.76. The Bertz CT molecular complexity index is 249. The van der Waals surface area contributed by atoms with Crippen LogP contribution in [0.25, 0.3) is 0 Å². The Balaban J connectivity index is 1.99. The number of hydrogen-bond acceptors (Lipinski definition) is 2. The molecule has 1 aliphatic carbocycles. The number of nitrogens with one attached hydrogen (secondary N) is 1. The normalized spacial score (nSPS) is 29.7. The van der Waals surface area contributed by atoms with Crippen LogP contribution in [0, 0.1) is 5.92 Å². The summed E-state index contributed by atoms with van der Waals surface area (Å²) >= 11 is 0. The van der Waals surface area contributed by atoms with Gasteiger partial charge in [-0.25, -0.2) is 8.78 Å². The van der Waals surface area contributed by atoms with Crippen LogP contribution in [0.2, 0.25) is 0 Å². The van der Waals surface area contributed by atoms with Crippen molar-refractivity contribution in [2.24, 2.45) is 5.92 Å². The third kappa shape index (κ3) is 3.21. The van der Waals surface area contributed by atoms with E-state index < -0.39 is 12.5 Å². The van der Waals surface area contributed by atoms with E-state index in [2.05, 4.69) is 5.32 Å². The molecular formula is C14H25F2NO. The predicted molar refractivity (Wildman–Crippen MR) is 68.0 cm³/mol. The summed E-state index contributed by atoms with van der Waals surface area (Å²) in [6.45, 7) is 3.16. The molecule has 0 radical (unpaired) electrons. The van der Waals surface area contributed by atoms with Crippen molar-refractivity contribution in [1.29, 1.82) is 0 Å². The van der Waals surface area contributed by atoms with E-state index in [1.165, 1.54) is 19.3 Å². The molecule has 0 aromatic carbocycles. The Morgan fingerprint density at radius 2 is 2.00 bits per heavy atom. The lowest BCUT2D eigenvalue weighted by molar-refractivity contribution is -0.128. The zero-order valence-corrected chi connectivity index (χ0v) is 11.3. The number of ether oxygens (including phenoxy) is 1. The van der Waals surface area contributed by atoms with Gasteiger partial charge in [-0.05, 0) is 38.1 Å². The first-order chi connectivity index (χ1) is 8.67. The molecular weight excluding hydrogens is 236 g/mol. The van der Waals surface area contributed by atoms with Gasteiger partial charge in [0.15, 0.2) is 0 Å². The lowest BCUT2D eigenvalue weighted by atomic mass is 9.74. The molecule has 1 heterocycles. The molecule has 2 rings (SSSR count). The second kappa shape index (κ2) is 6.29. The van der Waals surface area contributed by atoms with Crippen molar-refractivity contribution in [3.05, 3.63) is 0 Å². The van der Waals surface area contributed by atoms with Gasteiger partial charge in [-0.3, -0.25) is 0 Å². The van der Waals surface area contributed by atoms with Crippen LogP contribution < -0.4 is 5.32 Å². The van der Waals surface area contributed by atoms with E-state index in [4.69, 9.17) is 4.74 Å². The number of rotatable bonds is 4. The molecule has 106 valence electrons. The number of alkyl halides is 2. The zero-order chi connectivity index (χ0) is 13.0. The molecule has 2 fully saturated rings. The van der Waals surface area contributed by atoms with E-state index >= 15 is 0 Å². The monoisotopic (exact) mass is 261 g/mol. The summed E-state index contributed by atoms with van der Waals surface area (Å²) in [5.74, 6) is 0.0665. The molecule has 0 amide bonds. The van der Waals surface area contributed by atoms with Gasteiger partial charge in [-0.15, -0.1) is 0 Å². The molecule has 1 aliphatic heterocycles. The SMILES string of the molecule is CCNC(C(F)F)C1CCOC2(CCCCC2)C1. The molecule has 1 spiro atoms. The van der Waals surface area contributed by atoms with E-state index in [1.54, 1.807) is 0 Å². The van der Waals surface area contributed by atoms with E-state index in [9.17, 15) is 8.78 Å². The first-order valence-electron chi connectivity index (χ1n) is 7.32. The van der Waals surface area contributed by atoms with Crippen LogP contribution in [0.4, 0.5) is 8.78 Å². The van der Waals surface area contributed by atoms with Crippen LogP contribution in [0.15, 0.2) is 0 Å². The molecule has 1 N–H and O–H groups in total. The summed E-state index contributed by atoms with van der Waals surface area (Å²) in [7, 11) is 0. The van der Waals surface area contributed by atoms with Crippen LogP contribution in [-0.4, -0.2) is 31.2 Å². The molecule has 0 aromatic rings. The van der Waals surface area contributed by atoms with Gasteiger partial charge >= 0.3 is 0 Å². The van der Waals surface area contributed by atoms with Crippen molar-refractivity contribution in [3.8, 4) is 0 Å². The number of halogens is 2. The highest BCUT2D eigenvalue weighted by molar-refractivity contribution is 4.93. The maximum absolute atomic E-state index is 13.1. The third-order valence-corrected chi connectivity index (χ3v) is 4.52. The molecule has 4 heteroatoms. The summed E-state index contributed by atoms with van der Waals surface area (Å²) in [5.41, 5.74) is -0.0796. The van der Waals surface area contributed by atoms with Crippen molar-refractivity contribution in [3.63, 3.8) is 0 Å². The molecule has 1 saturated heterocycles. The van der Waals surface area contributed by atoms with Gasteiger partial charge in [0.1, 0.15) is 0 Å². The molecule has 1 saturated carbocycles. The minimum absolute atomic E-state index is 0.0665. The number of hydrogen-bond donors (Lipinski definition) is 1. The van der Waals surface area contributed by atoms with Crippen molar-refractivity contribution >= 4 is 0 Å². The lowest BCUT2D eigenvalue weighted by Gasteiger charge is -2.45.